The van der Waals surface area contributed by atoms with E-state index >= 15 is 0 Å². The molecule has 1 rings (SSSR count). The minimum absolute atomic E-state index is 0.514. The Labute approximate surface area is 139 Å². The van der Waals surface area contributed by atoms with Gasteiger partial charge in [0.1, 0.15) is 12.4 Å². The molecule has 1 aromatic rings. The lowest BCUT2D eigenvalue weighted by atomic mass is 10.0. The lowest BCUT2D eigenvalue weighted by Gasteiger charge is -2.17. The fraction of sp³-hybridized carbons (Fsp3) is 0.812. The quantitative estimate of drug-likeness (QED) is 0.389. The highest BCUT2D eigenvalue weighted by Gasteiger charge is 2.07. The van der Waals surface area contributed by atoms with Crippen LogP contribution in [0.4, 0.5) is 0 Å². The van der Waals surface area contributed by atoms with Gasteiger partial charge in [-0.2, -0.15) is 0 Å². The van der Waals surface area contributed by atoms with E-state index in [1.807, 2.05) is 18.5 Å². The first-order chi connectivity index (χ1) is 11.1. The number of aromatic nitrogens is 3. The van der Waals surface area contributed by atoms with Gasteiger partial charge in [-0.15, -0.1) is 10.2 Å². The third kappa shape index (κ3) is 6.99. The molecule has 0 fully saturated rings. The molecule has 0 bridgehead atoms. The number of aliphatic imine (C=N–C) groups is 1. The first-order valence-corrected chi connectivity index (χ1v) is 8.48. The van der Waals surface area contributed by atoms with Gasteiger partial charge in [-0.05, 0) is 19.3 Å². The number of aryl methyl sites for hydroxylation is 1. The third-order valence-electron chi connectivity index (χ3n) is 4.09. The first kappa shape index (κ1) is 19.4. The molecule has 2 N–H and O–H groups in total. The van der Waals surface area contributed by atoms with Crippen LogP contribution < -0.4 is 10.6 Å². The summed E-state index contributed by atoms with van der Waals surface area (Å²) in [5.74, 6) is 3.25. The molecule has 7 heteroatoms. The number of ether oxygens (including phenoxy) is 1. The summed E-state index contributed by atoms with van der Waals surface area (Å²) in [6.07, 6.45) is 3.29. The molecule has 0 amide bonds. The summed E-state index contributed by atoms with van der Waals surface area (Å²) in [5.41, 5.74) is 0. The molecule has 23 heavy (non-hydrogen) atoms. The van der Waals surface area contributed by atoms with Gasteiger partial charge in [0, 0.05) is 33.9 Å². The minimum Gasteiger partial charge on any atom is -0.385 e. The van der Waals surface area contributed by atoms with Gasteiger partial charge in [0.2, 0.25) is 0 Å². The van der Waals surface area contributed by atoms with Crippen LogP contribution in [0.5, 0.6) is 0 Å². The zero-order valence-electron chi connectivity index (χ0n) is 15.2. The van der Waals surface area contributed by atoms with Crippen molar-refractivity contribution in [2.45, 2.75) is 46.6 Å². The molecule has 0 unspecified atom stereocenters. The van der Waals surface area contributed by atoms with Crippen molar-refractivity contribution >= 4 is 5.96 Å². The van der Waals surface area contributed by atoms with E-state index in [2.05, 4.69) is 39.7 Å². The number of hydrogen-bond acceptors (Lipinski definition) is 4. The summed E-state index contributed by atoms with van der Waals surface area (Å²) >= 11 is 0. The molecule has 7 nitrogen and oxygen atoms in total. The van der Waals surface area contributed by atoms with Crippen LogP contribution in [0.25, 0.3) is 0 Å². The van der Waals surface area contributed by atoms with E-state index in [1.54, 1.807) is 7.11 Å². The van der Waals surface area contributed by atoms with Crippen molar-refractivity contribution in [3.05, 3.63) is 11.6 Å². The molecule has 1 aromatic heterocycles. The van der Waals surface area contributed by atoms with E-state index in [4.69, 9.17) is 4.74 Å². The zero-order valence-corrected chi connectivity index (χ0v) is 15.2. The van der Waals surface area contributed by atoms with Crippen LogP contribution in [0, 0.1) is 12.8 Å². The fourth-order valence-electron chi connectivity index (χ4n) is 2.15. The van der Waals surface area contributed by atoms with Crippen LogP contribution in [0.1, 0.15) is 44.8 Å². The maximum absolute atomic E-state index is 5.08. The number of rotatable bonds is 10. The van der Waals surface area contributed by atoms with Crippen molar-refractivity contribution in [1.29, 1.82) is 0 Å². The van der Waals surface area contributed by atoms with Gasteiger partial charge < -0.3 is 19.9 Å². The Hall–Kier alpha value is -1.63. The molecule has 0 aliphatic rings. The summed E-state index contributed by atoms with van der Waals surface area (Å²) in [5, 5.41) is 15.0. The number of nitrogens with one attached hydrogen (secondary N) is 2. The van der Waals surface area contributed by atoms with Gasteiger partial charge >= 0.3 is 0 Å². The predicted octanol–water partition coefficient (Wildman–Crippen LogP) is 1.63. The maximum Gasteiger partial charge on any atom is 0.191 e. The van der Waals surface area contributed by atoms with E-state index in [9.17, 15) is 0 Å². The second-order valence-electron chi connectivity index (χ2n) is 5.72. The number of nitrogens with zero attached hydrogens (tertiary/aromatic N) is 4. The first-order valence-electron chi connectivity index (χ1n) is 8.48. The van der Waals surface area contributed by atoms with E-state index in [-0.39, 0.29) is 0 Å². The highest BCUT2D eigenvalue weighted by atomic mass is 16.5. The Morgan fingerprint density at radius 3 is 2.57 bits per heavy atom. The van der Waals surface area contributed by atoms with Gasteiger partial charge in [0.15, 0.2) is 11.8 Å². The molecule has 0 spiro atoms. The SMILES string of the molecule is CCC(CC)CNC(=NCc1nnc(C)n1C)NCCCOC. The van der Waals surface area contributed by atoms with Gasteiger partial charge in [-0.3, -0.25) is 0 Å². The van der Waals surface area contributed by atoms with Gasteiger partial charge in [-0.1, -0.05) is 26.7 Å². The summed E-state index contributed by atoms with van der Waals surface area (Å²) in [6.45, 7) is 9.41. The number of methoxy groups -OCH3 is 1. The van der Waals surface area contributed by atoms with E-state index in [1.165, 1.54) is 12.8 Å². The van der Waals surface area contributed by atoms with Crippen molar-refractivity contribution in [2.24, 2.45) is 18.0 Å². The number of hydrogen-bond donors (Lipinski definition) is 2. The zero-order chi connectivity index (χ0) is 17.1. The highest BCUT2D eigenvalue weighted by molar-refractivity contribution is 5.79. The summed E-state index contributed by atoms with van der Waals surface area (Å²) < 4.78 is 7.05. The third-order valence-corrected chi connectivity index (χ3v) is 4.09. The van der Waals surface area contributed by atoms with Crippen molar-refractivity contribution in [2.75, 3.05) is 26.8 Å². The predicted molar refractivity (Wildman–Crippen MR) is 93.4 cm³/mol. The van der Waals surface area contributed by atoms with Crippen molar-refractivity contribution in [3.63, 3.8) is 0 Å². The summed E-state index contributed by atoms with van der Waals surface area (Å²) in [4.78, 5) is 4.64. The van der Waals surface area contributed by atoms with Crippen LogP contribution >= 0.6 is 0 Å². The molecule has 0 saturated heterocycles. The van der Waals surface area contributed by atoms with Crippen LogP contribution in [0.15, 0.2) is 4.99 Å². The van der Waals surface area contributed by atoms with Gasteiger partial charge in [0.25, 0.3) is 0 Å². The standard InChI is InChI=1S/C16H32N6O/c1-6-14(7-2)11-18-16(17-9-8-10-23-5)19-12-15-21-20-13(3)22(15)4/h14H,6-12H2,1-5H3,(H2,17,18,19). The second kappa shape index (κ2) is 11.0. The molecule has 0 aromatic carbocycles. The smallest absolute Gasteiger partial charge is 0.191 e. The van der Waals surface area contributed by atoms with E-state index < -0.39 is 0 Å². The molecule has 0 aliphatic heterocycles. The molecule has 0 radical (unpaired) electrons. The van der Waals surface area contributed by atoms with E-state index in [0.717, 1.165) is 43.7 Å². The second-order valence-corrected chi connectivity index (χ2v) is 5.72. The Balaban J connectivity index is 2.60. The van der Waals surface area contributed by atoms with Crippen LogP contribution in [-0.2, 0) is 18.3 Å². The molecular formula is C16H32N6O. The van der Waals surface area contributed by atoms with Crippen LogP contribution in [0.3, 0.4) is 0 Å². The Bertz CT molecular complexity index is 467. The van der Waals surface area contributed by atoms with Crippen LogP contribution in [0.2, 0.25) is 0 Å². The van der Waals surface area contributed by atoms with Crippen molar-refractivity contribution < 1.29 is 4.74 Å². The number of guanidine groups is 1. The molecule has 1 heterocycles. The molecule has 132 valence electrons. The normalized spacial score (nSPS) is 12.0. The van der Waals surface area contributed by atoms with Crippen molar-refractivity contribution in [1.82, 2.24) is 25.4 Å². The molecular weight excluding hydrogens is 292 g/mol. The molecule has 0 aliphatic carbocycles. The Morgan fingerprint density at radius 1 is 1.26 bits per heavy atom. The summed E-state index contributed by atoms with van der Waals surface area (Å²) in [7, 11) is 3.68. The largest absolute Gasteiger partial charge is 0.385 e. The average Bonchev–Trinajstić information content (AvgIpc) is 2.88. The Morgan fingerprint density at radius 2 is 2.00 bits per heavy atom. The van der Waals surface area contributed by atoms with Crippen molar-refractivity contribution in [3.8, 4) is 0 Å². The monoisotopic (exact) mass is 324 g/mol. The van der Waals surface area contributed by atoms with Gasteiger partial charge in [0.05, 0.1) is 0 Å². The molecule has 0 saturated carbocycles. The van der Waals surface area contributed by atoms with Crippen LogP contribution in [-0.4, -0.2) is 47.5 Å². The lowest BCUT2D eigenvalue weighted by Crippen LogP contribution is -2.40. The van der Waals surface area contributed by atoms with Gasteiger partial charge in [-0.25, -0.2) is 4.99 Å². The Kier molecular flexibility index (Phi) is 9.28. The summed E-state index contributed by atoms with van der Waals surface area (Å²) in [6, 6.07) is 0. The van der Waals surface area contributed by atoms with E-state index in [0.29, 0.717) is 12.5 Å². The topological polar surface area (TPSA) is 76.4 Å². The minimum atomic E-state index is 0.514. The highest BCUT2D eigenvalue weighted by Crippen LogP contribution is 2.05. The maximum atomic E-state index is 5.08. The molecule has 0 atom stereocenters. The lowest BCUT2D eigenvalue weighted by molar-refractivity contribution is 0.195. The average molecular weight is 324 g/mol. The fourth-order valence-corrected chi connectivity index (χ4v) is 2.15.